The summed E-state index contributed by atoms with van der Waals surface area (Å²) in [6, 6.07) is 11.3. The van der Waals surface area contributed by atoms with E-state index in [9.17, 15) is 13.2 Å². The molecule has 4 N–H and O–H groups in total. The number of amides is 1. The van der Waals surface area contributed by atoms with Crippen molar-refractivity contribution in [3.63, 3.8) is 0 Å². The van der Waals surface area contributed by atoms with Crippen LogP contribution in [0.3, 0.4) is 0 Å². The first-order valence-corrected chi connectivity index (χ1v) is 13.8. The third-order valence-corrected chi connectivity index (χ3v) is 6.66. The summed E-state index contributed by atoms with van der Waals surface area (Å²) in [7, 11) is -0.590. The number of benzene rings is 2. The van der Waals surface area contributed by atoms with Gasteiger partial charge in [-0.25, -0.2) is 5.14 Å². The molecule has 1 amide bonds. The minimum absolute atomic E-state index is 0.0253. The van der Waals surface area contributed by atoms with E-state index in [1.54, 1.807) is 20.3 Å². The van der Waals surface area contributed by atoms with E-state index in [1.807, 2.05) is 30.3 Å². The Balaban J connectivity index is 2.33. The van der Waals surface area contributed by atoms with Crippen molar-refractivity contribution in [2.45, 2.75) is 77.7 Å². The predicted molar refractivity (Wildman–Crippen MR) is 145 cm³/mol. The Hall–Kier alpha value is -2.62. The fourth-order valence-corrected chi connectivity index (χ4v) is 4.60. The highest BCUT2D eigenvalue weighted by Crippen LogP contribution is 2.36. The third-order valence-electron chi connectivity index (χ3n) is 6.11. The van der Waals surface area contributed by atoms with Gasteiger partial charge in [0.05, 0.1) is 14.2 Å². The maximum absolute atomic E-state index is 13.4. The van der Waals surface area contributed by atoms with Crippen LogP contribution in [-0.4, -0.2) is 28.5 Å². The summed E-state index contributed by atoms with van der Waals surface area (Å²) in [4.78, 5) is 13.4. The number of ether oxygens (including phenoxy) is 2. The summed E-state index contributed by atoms with van der Waals surface area (Å²) in [5.41, 5.74) is 3.07. The van der Waals surface area contributed by atoms with Crippen LogP contribution in [0, 0.1) is 0 Å². The molecule has 0 heterocycles. The standard InChI is InChI=1S/C27H41N3O5S/c1-7-8-9-10-20(22-13-12-21(34-5)17-25(22)35-6)16-26(31)30-24-15-19(18-29-36(28,32)33)11-14-23(24)27(2,3)4/h11-15,17,20,29H,7-10,16,18H2,1-6H3,(H,30,31)(H2,28,32,33). The number of methoxy groups -OCH3 is 2. The zero-order valence-electron chi connectivity index (χ0n) is 22.3. The zero-order valence-corrected chi connectivity index (χ0v) is 23.1. The second-order valence-corrected chi connectivity index (χ2v) is 11.4. The molecule has 0 bridgehead atoms. The molecule has 9 heteroatoms. The van der Waals surface area contributed by atoms with Crippen LogP contribution in [0.2, 0.25) is 0 Å². The summed E-state index contributed by atoms with van der Waals surface area (Å²) in [5.74, 6) is 1.27. The number of hydrogen-bond donors (Lipinski definition) is 3. The van der Waals surface area contributed by atoms with Gasteiger partial charge < -0.3 is 14.8 Å². The molecule has 2 rings (SSSR count). The normalized spacial score (nSPS) is 12.8. The number of nitrogens with one attached hydrogen (secondary N) is 2. The summed E-state index contributed by atoms with van der Waals surface area (Å²) in [6.07, 6.45) is 4.33. The Morgan fingerprint density at radius 2 is 1.78 bits per heavy atom. The van der Waals surface area contributed by atoms with Crippen LogP contribution in [-0.2, 0) is 27.0 Å². The number of unbranched alkanes of at least 4 members (excludes halogenated alkanes) is 2. The zero-order chi connectivity index (χ0) is 26.9. The minimum Gasteiger partial charge on any atom is -0.497 e. The molecule has 2 aromatic rings. The summed E-state index contributed by atoms with van der Waals surface area (Å²) in [5, 5.41) is 8.17. The topological polar surface area (TPSA) is 120 Å². The molecule has 0 aliphatic heterocycles. The van der Waals surface area contributed by atoms with Crippen molar-refractivity contribution in [3.05, 3.63) is 53.1 Å². The number of carbonyl (C=O) groups excluding carboxylic acids is 1. The number of rotatable bonds is 13. The fourth-order valence-electron chi connectivity index (χ4n) is 4.23. The average molecular weight is 520 g/mol. The Kier molecular flexibility index (Phi) is 10.8. The first-order valence-electron chi connectivity index (χ1n) is 12.3. The number of hydrogen-bond acceptors (Lipinski definition) is 5. The van der Waals surface area contributed by atoms with E-state index in [0.29, 0.717) is 22.7 Å². The van der Waals surface area contributed by atoms with Gasteiger partial charge in [0.25, 0.3) is 10.2 Å². The first kappa shape index (κ1) is 29.6. The first-order chi connectivity index (χ1) is 16.9. The quantitative estimate of drug-likeness (QED) is 0.322. The van der Waals surface area contributed by atoms with Crippen LogP contribution in [0.5, 0.6) is 11.5 Å². The molecule has 1 atom stereocenters. The van der Waals surface area contributed by atoms with Gasteiger partial charge in [-0.1, -0.05) is 65.2 Å². The van der Waals surface area contributed by atoms with E-state index in [-0.39, 0.29) is 30.2 Å². The number of anilines is 1. The molecule has 0 saturated carbocycles. The van der Waals surface area contributed by atoms with Crippen molar-refractivity contribution in [1.29, 1.82) is 0 Å². The van der Waals surface area contributed by atoms with E-state index in [1.165, 1.54) is 0 Å². The summed E-state index contributed by atoms with van der Waals surface area (Å²) in [6.45, 7) is 8.39. The molecule has 0 aliphatic carbocycles. The third kappa shape index (κ3) is 9.11. The van der Waals surface area contributed by atoms with Crippen LogP contribution in [0.25, 0.3) is 0 Å². The molecule has 0 saturated heterocycles. The van der Waals surface area contributed by atoms with Crippen LogP contribution in [0.4, 0.5) is 5.69 Å². The summed E-state index contributed by atoms with van der Waals surface area (Å²) >= 11 is 0. The Morgan fingerprint density at radius 3 is 2.36 bits per heavy atom. The second kappa shape index (κ2) is 13.1. The average Bonchev–Trinajstić information content (AvgIpc) is 2.80. The van der Waals surface area contributed by atoms with E-state index < -0.39 is 10.2 Å². The van der Waals surface area contributed by atoms with Crippen molar-refractivity contribution in [3.8, 4) is 11.5 Å². The molecule has 36 heavy (non-hydrogen) atoms. The fraction of sp³-hybridized carbons (Fsp3) is 0.519. The highest BCUT2D eigenvalue weighted by atomic mass is 32.2. The van der Waals surface area contributed by atoms with Crippen LogP contribution in [0.1, 0.15) is 82.4 Å². The van der Waals surface area contributed by atoms with Gasteiger partial charge in [0.2, 0.25) is 5.91 Å². The van der Waals surface area contributed by atoms with Crippen LogP contribution < -0.4 is 24.7 Å². The van der Waals surface area contributed by atoms with Crippen molar-refractivity contribution < 1.29 is 22.7 Å². The molecule has 200 valence electrons. The summed E-state index contributed by atoms with van der Waals surface area (Å²) < 4.78 is 35.9. The molecule has 2 aromatic carbocycles. The lowest BCUT2D eigenvalue weighted by Crippen LogP contribution is -2.30. The maximum Gasteiger partial charge on any atom is 0.274 e. The lowest BCUT2D eigenvalue weighted by Gasteiger charge is -2.25. The monoisotopic (exact) mass is 519 g/mol. The van der Waals surface area contributed by atoms with Gasteiger partial charge in [-0.15, -0.1) is 0 Å². The van der Waals surface area contributed by atoms with Gasteiger partial charge in [-0.3, -0.25) is 4.79 Å². The molecule has 0 fully saturated rings. The molecule has 1 unspecified atom stereocenters. The van der Waals surface area contributed by atoms with E-state index in [4.69, 9.17) is 14.6 Å². The van der Waals surface area contributed by atoms with Gasteiger partial charge >= 0.3 is 0 Å². The van der Waals surface area contributed by atoms with Crippen molar-refractivity contribution in [2.75, 3.05) is 19.5 Å². The molecular formula is C27H41N3O5S. The Labute approximate surface area is 216 Å². The minimum atomic E-state index is -3.82. The molecule has 0 aromatic heterocycles. The Morgan fingerprint density at radius 1 is 1.06 bits per heavy atom. The van der Waals surface area contributed by atoms with E-state index in [0.717, 1.165) is 36.8 Å². The number of carbonyl (C=O) groups is 1. The van der Waals surface area contributed by atoms with E-state index >= 15 is 0 Å². The second-order valence-electron chi connectivity index (χ2n) is 10.0. The molecule has 0 spiro atoms. The van der Waals surface area contributed by atoms with Crippen LogP contribution in [0.15, 0.2) is 36.4 Å². The maximum atomic E-state index is 13.4. The van der Waals surface area contributed by atoms with Gasteiger partial charge in [0.1, 0.15) is 11.5 Å². The predicted octanol–water partition coefficient (Wildman–Crippen LogP) is 4.99. The van der Waals surface area contributed by atoms with Gasteiger partial charge in [-0.2, -0.15) is 13.1 Å². The van der Waals surface area contributed by atoms with Gasteiger partial charge in [-0.05, 0) is 46.6 Å². The van der Waals surface area contributed by atoms with Crippen LogP contribution >= 0.6 is 0 Å². The largest absolute Gasteiger partial charge is 0.497 e. The molecule has 8 nitrogen and oxygen atoms in total. The van der Waals surface area contributed by atoms with Crippen molar-refractivity contribution in [1.82, 2.24) is 4.72 Å². The highest BCUT2D eigenvalue weighted by molar-refractivity contribution is 7.87. The SMILES string of the molecule is CCCCCC(CC(=O)Nc1cc(CNS(N)(=O)=O)ccc1C(C)(C)C)c1ccc(OC)cc1OC. The highest BCUT2D eigenvalue weighted by Gasteiger charge is 2.23. The van der Waals surface area contributed by atoms with Gasteiger partial charge in [0.15, 0.2) is 0 Å². The lowest BCUT2D eigenvalue weighted by atomic mass is 9.85. The van der Waals surface area contributed by atoms with E-state index in [2.05, 4.69) is 37.7 Å². The number of nitrogens with two attached hydrogens (primary N) is 1. The van der Waals surface area contributed by atoms with Gasteiger partial charge in [0, 0.05) is 24.7 Å². The lowest BCUT2D eigenvalue weighted by molar-refractivity contribution is -0.116. The molecular weight excluding hydrogens is 478 g/mol. The van der Waals surface area contributed by atoms with Crippen molar-refractivity contribution >= 4 is 21.8 Å². The smallest absolute Gasteiger partial charge is 0.274 e. The Bertz CT molecular complexity index is 1130. The van der Waals surface area contributed by atoms with Crippen molar-refractivity contribution in [2.24, 2.45) is 5.14 Å². The molecule has 0 radical (unpaired) electrons. The molecule has 0 aliphatic rings.